The molecule has 1 aliphatic rings. The fourth-order valence-electron chi connectivity index (χ4n) is 3.28. The molecule has 2 nitrogen and oxygen atoms in total. The summed E-state index contributed by atoms with van der Waals surface area (Å²) in [6.07, 6.45) is 1.59. The monoisotopic (exact) mass is 320 g/mol. The maximum atomic E-state index is 14.0. The second kappa shape index (κ2) is 6.62. The Hall–Kier alpha value is -2.01. The molecule has 0 saturated carbocycles. The summed E-state index contributed by atoms with van der Waals surface area (Å²) in [6, 6.07) is 9.94. The van der Waals surface area contributed by atoms with Gasteiger partial charge in [-0.1, -0.05) is 12.1 Å². The minimum atomic E-state index is -0.588. The molecule has 2 unspecified atom stereocenters. The molecule has 1 saturated heterocycles. The van der Waals surface area contributed by atoms with Gasteiger partial charge in [-0.15, -0.1) is 0 Å². The lowest BCUT2D eigenvalue weighted by Gasteiger charge is -2.38. The standard InChI is InChI=1S/C18H19F3N2/c19-14-3-1-12(2-4-14)7-13-8-16(22)11-23(10-13)18-6-5-15(20)9-17(18)21/h1-6,9,13,16H,7-8,10-11,22H2. The third-order valence-corrected chi connectivity index (χ3v) is 4.26. The number of hydrogen-bond acceptors (Lipinski definition) is 2. The van der Waals surface area contributed by atoms with Crippen molar-refractivity contribution in [1.82, 2.24) is 0 Å². The lowest BCUT2D eigenvalue weighted by atomic mass is 9.88. The number of rotatable bonds is 3. The van der Waals surface area contributed by atoms with Crippen LogP contribution >= 0.6 is 0 Å². The molecule has 2 aromatic rings. The van der Waals surface area contributed by atoms with E-state index in [1.807, 2.05) is 4.90 Å². The van der Waals surface area contributed by atoms with Crippen molar-refractivity contribution in [1.29, 1.82) is 0 Å². The average molecular weight is 320 g/mol. The third-order valence-electron chi connectivity index (χ3n) is 4.26. The summed E-state index contributed by atoms with van der Waals surface area (Å²) in [6.45, 7) is 1.19. The van der Waals surface area contributed by atoms with Crippen LogP contribution in [0.5, 0.6) is 0 Å². The molecule has 0 bridgehead atoms. The summed E-state index contributed by atoms with van der Waals surface area (Å²) in [4.78, 5) is 1.87. The van der Waals surface area contributed by atoms with Gasteiger partial charge in [0.1, 0.15) is 17.5 Å². The van der Waals surface area contributed by atoms with Gasteiger partial charge < -0.3 is 10.6 Å². The molecule has 1 fully saturated rings. The predicted octanol–water partition coefficient (Wildman–Crippen LogP) is 3.50. The topological polar surface area (TPSA) is 29.3 Å². The van der Waals surface area contributed by atoms with Gasteiger partial charge in [-0.2, -0.15) is 0 Å². The van der Waals surface area contributed by atoms with Crippen LogP contribution in [0.2, 0.25) is 0 Å². The van der Waals surface area contributed by atoms with Crippen LogP contribution in [0.4, 0.5) is 18.9 Å². The Morgan fingerprint density at radius 1 is 0.957 bits per heavy atom. The van der Waals surface area contributed by atoms with E-state index in [1.54, 1.807) is 12.1 Å². The number of piperidine rings is 1. The van der Waals surface area contributed by atoms with Crippen LogP contribution < -0.4 is 10.6 Å². The molecular weight excluding hydrogens is 301 g/mol. The van der Waals surface area contributed by atoms with E-state index in [0.717, 1.165) is 24.5 Å². The van der Waals surface area contributed by atoms with Crippen molar-refractivity contribution in [2.45, 2.75) is 18.9 Å². The maximum absolute atomic E-state index is 14.0. The first kappa shape index (κ1) is 15.9. The normalized spacial score (nSPS) is 21.5. The molecule has 2 aromatic carbocycles. The van der Waals surface area contributed by atoms with E-state index in [9.17, 15) is 13.2 Å². The van der Waals surface area contributed by atoms with E-state index >= 15 is 0 Å². The lowest BCUT2D eigenvalue weighted by molar-refractivity contribution is 0.372. The smallest absolute Gasteiger partial charge is 0.149 e. The minimum absolute atomic E-state index is 0.0707. The fourth-order valence-corrected chi connectivity index (χ4v) is 3.28. The van der Waals surface area contributed by atoms with Crippen molar-refractivity contribution in [3.63, 3.8) is 0 Å². The summed E-state index contributed by atoms with van der Waals surface area (Å²) in [7, 11) is 0. The first-order valence-corrected chi connectivity index (χ1v) is 7.71. The Bertz CT molecular complexity index is 672. The van der Waals surface area contributed by atoms with Gasteiger partial charge in [0.05, 0.1) is 5.69 Å². The van der Waals surface area contributed by atoms with Crippen LogP contribution in [0.3, 0.4) is 0 Å². The van der Waals surface area contributed by atoms with Crippen LogP contribution in [0, 0.1) is 23.4 Å². The molecule has 0 spiro atoms. The minimum Gasteiger partial charge on any atom is -0.367 e. The van der Waals surface area contributed by atoms with Gasteiger partial charge in [0.15, 0.2) is 0 Å². The van der Waals surface area contributed by atoms with Crippen LogP contribution in [0.1, 0.15) is 12.0 Å². The molecule has 3 rings (SSSR count). The fraction of sp³-hybridized carbons (Fsp3) is 0.333. The Balaban J connectivity index is 1.74. The molecule has 23 heavy (non-hydrogen) atoms. The van der Waals surface area contributed by atoms with Crippen molar-refractivity contribution in [2.24, 2.45) is 11.7 Å². The van der Waals surface area contributed by atoms with Gasteiger partial charge in [0.2, 0.25) is 0 Å². The molecular formula is C18H19F3N2. The van der Waals surface area contributed by atoms with E-state index in [1.165, 1.54) is 24.3 Å². The highest BCUT2D eigenvalue weighted by Crippen LogP contribution is 2.27. The number of anilines is 1. The molecule has 2 atom stereocenters. The zero-order chi connectivity index (χ0) is 16.4. The number of nitrogens with two attached hydrogens (primary N) is 1. The number of benzene rings is 2. The molecule has 122 valence electrons. The molecule has 1 aliphatic heterocycles. The van der Waals surface area contributed by atoms with Crippen molar-refractivity contribution in [2.75, 3.05) is 18.0 Å². The first-order chi connectivity index (χ1) is 11.0. The second-order valence-electron chi connectivity index (χ2n) is 6.19. The van der Waals surface area contributed by atoms with Crippen molar-refractivity contribution in [3.05, 3.63) is 65.5 Å². The van der Waals surface area contributed by atoms with E-state index in [4.69, 9.17) is 5.73 Å². The Labute approximate surface area is 133 Å². The number of nitrogens with zero attached hydrogens (tertiary/aromatic N) is 1. The SMILES string of the molecule is NC1CC(Cc2ccc(F)cc2)CN(c2ccc(F)cc2F)C1. The Morgan fingerprint density at radius 3 is 2.35 bits per heavy atom. The highest BCUT2D eigenvalue weighted by atomic mass is 19.1. The third kappa shape index (κ3) is 3.85. The van der Waals surface area contributed by atoms with Crippen molar-refractivity contribution in [3.8, 4) is 0 Å². The van der Waals surface area contributed by atoms with Gasteiger partial charge in [0, 0.05) is 25.2 Å². The van der Waals surface area contributed by atoms with E-state index in [-0.39, 0.29) is 17.8 Å². The maximum Gasteiger partial charge on any atom is 0.149 e. The molecule has 1 heterocycles. The first-order valence-electron chi connectivity index (χ1n) is 7.71. The van der Waals surface area contributed by atoms with Gasteiger partial charge in [-0.05, 0) is 48.6 Å². The summed E-state index contributed by atoms with van der Waals surface area (Å²) in [5, 5.41) is 0. The molecule has 5 heteroatoms. The van der Waals surface area contributed by atoms with E-state index in [0.29, 0.717) is 18.8 Å². The summed E-state index contributed by atoms with van der Waals surface area (Å²) < 4.78 is 40.1. The van der Waals surface area contributed by atoms with Crippen molar-refractivity contribution < 1.29 is 13.2 Å². The Morgan fingerprint density at radius 2 is 1.65 bits per heavy atom. The summed E-state index contributed by atoms with van der Waals surface area (Å²) >= 11 is 0. The van der Waals surface area contributed by atoms with Crippen LogP contribution in [-0.4, -0.2) is 19.1 Å². The van der Waals surface area contributed by atoms with Gasteiger partial charge in [-0.3, -0.25) is 0 Å². The van der Waals surface area contributed by atoms with Crippen LogP contribution in [0.25, 0.3) is 0 Å². The zero-order valence-electron chi connectivity index (χ0n) is 12.7. The van der Waals surface area contributed by atoms with Crippen LogP contribution in [-0.2, 0) is 6.42 Å². The van der Waals surface area contributed by atoms with Gasteiger partial charge in [0.25, 0.3) is 0 Å². The molecule has 0 amide bonds. The van der Waals surface area contributed by atoms with E-state index < -0.39 is 11.6 Å². The quantitative estimate of drug-likeness (QED) is 0.938. The van der Waals surface area contributed by atoms with E-state index in [2.05, 4.69) is 0 Å². The second-order valence-corrected chi connectivity index (χ2v) is 6.19. The Kier molecular flexibility index (Phi) is 4.57. The predicted molar refractivity (Wildman–Crippen MR) is 84.8 cm³/mol. The molecule has 0 radical (unpaired) electrons. The summed E-state index contributed by atoms with van der Waals surface area (Å²) in [5.41, 5.74) is 7.53. The molecule has 0 aromatic heterocycles. The summed E-state index contributed by atoms with van der Waals surface area (Å²) in [5.74, 6) is -1.17. The highest BCUT2D eigenvalue weighted by molar-refractivity contribution is 5.48. The average Bonchev–Trinajstić information content (AvgIpc) is 2.49. The number of hydrogen-bond donors (Lipinski definition) is 1. The largest absolute Gasteiger partial charge is 0.367 e. The number of halogens is 3. The zero-order valence-corrected chi connectivity index (χ0v) is 12.7. The van der Waals surface area contributed by atoms with Gasteiger partial charge in [-0.25, -0.2) is 13.2 Å². The van der Waals surface area contributed by atoms with Crippen molar-refractivity contribution >= 4 is 5.69 Å². The molecule has 2 N–H and O–H groups in total. The molecule has 0 aliphatic carbocycles. The van der Waals surface area contributed by atoms with Gasteiger partial charge >= 0.3 is 0 Å². The lowest BCUT2D eigenvalue weighted by Crippen LogP contribution is -2.48. The van der Waals surface area contributed by atoms with Crippen LogP contribution in [0.15, 0.2) is 42.5 Å². The highest BCUT2D eigenvalue weighted by Gasteiger charge is 2.27.